The van der Waals surface area contributed by atoms with Crippen LogP contribution in [-0.2, 0) is 28.5 Å². The largest absolute Gasteiger partial charge is 0.462 e. The number of esters is 2. The summed E-state index contributed by atoms with van der Waals surface area (Å²) in [7, 11) is 0. The highest BCUT2D eigenvalue weighted by Crippen LogP contribution is 2.22. The van der Waals surface area contributed by atoms with Gasteiger partial charge in [0.05, 0.1) is 13.2 Å². The van der Waals surface area contributed by atoms with E-state index in [0.717, 1.165) is 57.8 Å². The van der Waals surface area contributed by atoms with Crippen LogP contribution < -0.4 is 0 Å². The number of rotatable bonds is 35. The van der Waals surface area contributed by atoms with Crippen LogP contribution in [0, 0.1) is 0 Å². The Morgan fingerprint density at radius 1 is 0.561 bits per heavy atom. The van der Waals surface area contributed by atoms with Crippen LogP contribution in [0.25, 0.3) is 0 Å². The number of carbonyl (C=O) groups excluding carboxylic acids is 2. The molecule has 326 valence electrons. The maximum atomic E-state index is 12.7. The number of hydrogen-bond acceptors (Lipinski definition) is 10. The summed E-state index contributed by atoms with van der Waals surface area (Å²) in [6, 6.07) is 0. The second-order valence-corrected chi connectivity index (χ2v) is 14.8. The topological polar surface area (TPSA) is 152 Å². The van der Waals surface area contributed by atoms with Gasteiger partial charge in [0.15, 0.2) is 12.4 Å². The quantitative estimate of drug-likeness (QED) is 0.0277. The molecule has 0 bridgehead atoms. The number of aliphatic hydroxyl groups excluding tert-OH is 4. The molecule has 0 saturated carbocycles. The van der Waals surface area contributed by atoms with Crippen LogP contribution >= 0.6 is 0 Å². The molecule has 0 spiro atoms. The van der Waals surface area contributed by atoms with E-state index in [1.807, 2.05) is 6.08 Å². The van der Waals surface area contributed by atoms with Crippen molar-refractivity contribution >= 4 is 11.9 Å². The summed E-state index contributed by atoms with van der Waals surface area (Å²) in [5, 5.41) is 40.0. The summed E-state index contributed by atoms with van der Waals surface area (Å²) >= 11 is 0. The van der Waals surface area contributed by atoms with Crippen molar-refractivity contribution in [1.29, 1.82) is 0 Å². The zero-order valence-electron chi connectivity index (χ0n) is 35.3. The molecule has 10 nitrogen and oxygen atoms in total. The van der Waals surface area contributed by atoms with Crippen LogP contribution in [-0.4, -0.2) is 89.0 Å². The van der Waals surface area contributed by atoms with Gasteiger partial charge in [0.1, 0.15) is 31.0 Å². The standard InChI is InChI=1S/C47H78O10/c1-3-5-7-9-11-13-15-17-19-20-22-24-26-28-30-32-34-36-43(50)56-40(39-55-47-46(53)45(52)44(51)41(37-48)57-47)38-54-42(49)35-33-31-29-27-25-23-21-18-16-14-12-10-8-6-4-2/h5,7,11,13,17,19,22-25,28,30,40-41,44-48,51-53H,3-4,6,8-10,12,14-16,18,20-21,26-27,29,31-39H2,1-2H3/b7-5+,13-11+,19-17+,24-22+,25-23+,30-28+/t40-,41-,44+,45?,46?,47-/m1/s1. The molecule has 1 rings (SSSR count). The molecule has 0 aliphatic carbocycles. The molecule has 0 amide bonds. The van der Waals surface area contributed by atoms with Crippen molar-refractivity contribution in [3.8, 4) is 0 Å². The van der Waals surface area contributed by atoms with Crippen LogP contribution in [0.5, 0.6) is 0 Å². The molecule has 0 radical (unpaired) electrons. The zero-order valence-corrected chi connectivity index (χ0v) is 35.3. The minimum atomic E-state index is -1.61. The fourth-order valence-electron chi connectivity index (χ4n) is 6.10. The van der Waals surface area contributed by atoms with E-state index in [1.54, 1.807) is 0 Å². The van der Waals surface area contributed by atoms with Gasteiger partial charge in [-0.25, -0.2) is 0 Å². The Morgan fingerprint density at radius 3 is 1.63 bits per heavy atom. The molecule has 1 fully saturated rings. The Bertz CT molecular complexity index is 1160. The van der Waals surface area contributed by atoms with Gasteiger partial charge < -0.3 is 39.4 Å². The lowest BCUT2D eigenvalue weighted by atomic mass is 9.99. The zero-order chi connectivity index (χ0) is 41.6. The fourth-order valence-corrected chi connectivity index (χ4v) is 6.10. The number of hydrogen-bond donors (Lipinski definition) is 4. The summed E-state index contributed by atoms with van der Waals surface area (Å²) in [4.78, 5) is 25.3. The molecule has 1 aliphatic heterocycles. The fraction of sp³-hybridized carbons (Fsp3) is 0.702. The van der Waals surface area contributed by atoms with Crippen LogP contribution in [0.1, 0.15) is 155 Å². The summed E-state index contributed by atoms with van der Waals surface area (Å²) in [6.45, 7) is 3.22. The Morgan fingerprint density at radius 2 is 1.05 bits per heavy atom. The highest BCUT2D eigenvalue weighted by molar-refractivity contribution is 5.70. The third-order valence-corrected chi connectivity index (χ3v) is 9.58. The van der Waals surface area contributed by atoms with E-state index in [0.29, 0.717) is 19.3 Å². The van der Waals surface area contributed by atoms with Crippen molar-refractivity contribution in [3.63, 3.8) is 0 Å². The predicted octanol–water partition coefficient (Wildman–Crippen LogP) is 9.22. The van der Waals surface area contributed by atoms with E-state index in [-0.39, 0.29) is 26.1 Å². The lowest BCUT2D eigenvalue weighted by Crippen LogP contribution is -2.59. The average molecular weight is 803 g/mol. The maximum absolute atomic E-state index is 12.7. The summed E-state index contributed by atoms with van der Waals surface area (Å²) < 4.78 is 22.1. The van der Waals surface area contributed by atoms with Gasteiger partial charge in [-0.05, 0) is 77.0 Å². The van der Waals surface area contributed by atoms with Gasteiger partial charge in [0, 0.05) is 12.8 Å². The molecule has 6 atom stereocenters. The first-order valence-corrected chi connectivity index (χ1v) is 22.0. The Kier molecular flexibility index (Phi) is 34.2. The van der Waals surface area contributed by atoms with Crippen molar-refractivity contribution in [1.82, 2.24) is 0 Å². The minimum Gasteiger partial charge on any atom is -0.462 e. The molecule has 2 unspecified atom stereocenters. The lowest BCUT2D eigenvalue weighted by molar-refractivity contribution is -0.305. The van der Waals surface area contributed by atoms with E-state index >= 15 is 0 Å². The molecular formula is C47H78O10. The number of aliphatic hydroxyl groups is 4. The van der Waals surface area contributed by atoms with Gasteiger partial charge in [-0.1, -0.05) is 138 Å². The van der Waals surface area contributed by atoms with Crippen LogP contribution in [0.3, 0.4) is 0 Å². The van der Waals surface area contributed by atoms with Crippen molar-refractivity contribution in [3.05, 3.63) is 72.9 Å². The van der Waals surface area contributed by atoms with Crippen molar-refractivity contribution in [2.75, 3.05) is 19.8 Å². The SMILES string of the molecule is CC/C=C/C/C=C/C/C=C/C/C=C/C/C=C/CCCC(=O)O[C@H](COC(=O)CCCCC/C=C/CCCCCCCCCC)CO[C@@H]1O[C@H](CO)[C@H](O)C(O)C1O. The smallest absolute Gasteiger partial charge is 0.306 e. The van der Waals surface area contributed by atoms with Crippen molar-refractivity contribution < 1.29 is 49.0 Å². The third-order valence-electron chi connectivity index (χ3n) is 9.58. The Balaban J connectivity index is 2.41. The second kappa shape index (κ2) is 37.4. The monoisotopic (exact) mass is 803 g/mol. The first kappa shape index (κ1) is 52.2. The van der Waals surface area contributed by atoms with Crippen LogP contribution in [0.15, 0.2) is 72.9 Å². The van der Waals surface area contributed by atoms with Gasteiger partial charge in [0.2, 0.25) is 0 Å². The average Bonchev–Trinajstić information content (AvgIpc) is 3.21. The predicted molar refractivity (Wildman–Crippen MR) is 228 cm³/mol. The summed E-state index contributed by atoms with van der Waals surface area (Å²) in [5.74, 6) is -0.899. The first-order chi connectivity index (χ1) is 27.8. The van der Waals surface area contributed by atoms with Gasteiger partial charge in [-0.15, -0.1) is 0 Å². The highest BCUT2D eigenvalue weighted by atomic mass is 16.7. The highest BCUT2D eigenvalue weighted by Gasteiger charge is 2.44. The van der Waals surface area contributed by atoms with Crippen molar-refractivity contribution in [2.24, 2.45) is 0 Å². The molecular weight excluding hydrogens is 725 g/mol. The van der Waals surface area contributed by atoms with E-state index in [9.17, 15) is 30.0 Å². The molecule has 10 heteroatoms. The molecule has 0 aromatic rings. The molecule has 4 N–H and O–H groups in total. The summed E-state index contributed by atoms with van der Waals surface area (Å²) in [6.07, 6.45) is 39.1. The van der Waals surface area contributed by atoms with Crippen LogP contribution in [0.4, 0.5) is 0 Å². The Hall–Kier alpha value is -2.86. The van der Waals surface area contributed by atoms with Gasteiger partial charge >= 0.3 is 11.9 Å². The van der Waals surface area contributed by atoms with E-state index < -0.39 is 55.4 Å². The van der Waals surface area contributed by atoms with Crippen molar-refractivity contribution in [2.45, 2.75) is 192 Å². The normalized spacial score (nSPS) is 21.0. The first-order valence-electron chi connectivity index (χ1n) is 22.0. The molecule has 1 saturated heterocycles. The lowest BCUT2D eigenvalue weighted by Gasteiger charge is -2.39. The molecule has 1 heterocycles. The van der Waals surface area contributed by atoms with E-state index in [1.165, 1.54) is 51.4 Å². The molecule has 0 aromatic carbocycles. The molecule has 1 aliphatic rings. The van der Waals surface area contributed by atoms with E-state index in [2.05, 4.69) is 80.7 Å². The Labute approximate surface area is 344 Å². The van der Waals surface area contributed by atoms with Gasteiger partial charge in [-0.3, -0.25) is 9.59 Å². The minimum absolute atomic E-state index is 0.145. The molecule has 57 heavy (non-hydrogen) atoms. The number of allylic oxidation sites excluding steroid dienone is 12. The third kappa shape index (κ3) is 29.1. The number of ether oxygens (including phenoxy) is 4. The number of carbonyl (C=O) groups is 2. The number of unbranched alkanes of at least 4 members (excludes halogenated alkanes) is 12. The second-order valence-electron chi connectivity index (χ2n) is 14.8. The molecule has 0 aromatic heterocycles. The van der Waals surface area contributed by atoms with Gasteiger partial charge in [0.25, 0.3) is 0 Å². The maximum Gasteiger partial charge on any atom is 0.306 e. The van der Waals surface area contributed by atoms with Gasteiger partial charge in [-0.2, -0.15) is 0 Å². The van der Waals surface area contributed by atoms with Crippen LogP contribution in [0.2, 0.25) is 0 Å². The summed E-state index contributed by atoms with van der Waals surface area (Å²) in [5.41, 5.74) is 0. The van der Waals surface area contributed by atoms with E-state index in [4.69, 9.17) is 18.9 Å².